The van der Waals surface area contributed by atoms with Gasteiger partial charge < -0.3 is 0 Å². The quantitative estimate of drug-likeness (QED) is 0.781. The van der Waals surface area contributed by atoms with Gasteiger partial charge in [-0.2, -0.15) is 0 Å². The van der Waals surface area contributed by atoms with Gasteiger partial charge in [0.05, 0.1) is 16.8 Å². The predicted molar refractivity (Wildman–Crippen MR) is 86.0 cm³/mol. The number of aryl methyl sites for hydroxylation is 3. The molecule has 1 aromatic carbocycles. The molecule has 1 N–H and O–H groups in total. The van der Waals surface area contributed by atoms with Crippen molar-refractivity contribution in [3.8, 4) is 0 Å². The van der Waals surface area contributed by atoms with Gasteiger partial charge in [0.15, 0.2) is 5.13 Å². The fourth-order valence-electron chi connectivity index (χ4n) is 2.20. The van der Waals surface area contributed by atoms with Crippen molar-refractivity contribution in [2.45, 2.75) is 20.8 Å². The van der Waals surface area contributed by atoms with Crippen LogP contribution in [0.4, 0.5) is 5.13 Å². The van der Waals surface area contributed by atoms with Crippen molar-refractivity contribution in [2.24, 2.45) is 0 Å². The van der Waals surface area contributed by atoms with E-state index in [0.29, 0.717) is 10.7 Å². The normalized spacial score (nSPS) is 10.8. The monoisotopic (exact) mass is 297 g/mol. The standard InChI is InChI=1S/C16H15N3OS/c1-9-4-5-14-12(6-9)7-13(11(3)18-14)15(20)19-16-17-8-10(2)21-16/h4-8H,1-3H3,(H,17,19,20). The first-order chi connectivity index (χ1) is 10.0. The Hall–Kier alpha value is -2.27. The zero-order valence-electron chi connectivity index (χ0n) is 12.1. The largest absolute Gasteiger partial charge is 0.298 e. The molecule has 0 bridgehead atoms. The van der Waals surface area contributed by atoms with Crippen molar-refractivity contribution in [1.29, 1.82) is 0 Å². The summed E-state index contributed by atoms with van der Waals surface area (Å²) >= 11 is 1.46. The summed E-state index contributed by atoms with van der Waals surface area (Å²) in [7, 11) is 0. The van der Waals surface area contributed by atoms with Crippen molar-refractivity contribution >= 4 is 33.3 Å². The second-order valence-electron chi connectivity index (χ2n) is 5.05. The Balaban J connectivity index is 1.98. The lowest BCUT2D eigenvalue weighted by Gasteiger charge is -2.07. The number of benzene rings is 1. The summed E-state index contributed by atoms with van der Waals surface area (Å²) in [6.07, 6.45) is 1.75. The zero-order valence-corrected chi connectivity index (χ0v) is 12.9. The summed E-state index contributed by atoms with van der Waals surface area (Å²) < 4.78 is 0. The Kier molecular flexibility index (Phi) is 3.43. The van der Waals surface area contributed by atoms with Gasteiger partial charge in [-0.1, -0.05) is 11.6 Å². The van der Waals surface area contributed by atoms with Crippen LogP contribution in [0.2, 0.25) is 0 Å². The Labute approximate surface area is 126 Å². The molecule has 0 aliphatic carbocycles. The molecule has 4 nitrogen and oxygen atoms in total. The van der Waals surface area contributed by atoms with Crippen molar-refractivity contribution < 1.29 is 4.79 Å². The number of aromatic nitrogens is 2. The maximum Gasteiger partial charge on any atom is 0.259 e. The summed E-state index contributed by atoms with van der Waals surface area (Å²) in [6, 6.07) is 7.92. The number of hydrogen-bond acceptors (Lipinski definition) is 4. The van der Waals surface area contributed by atoms with Crippen molar-refractivity contribution in [3.63, 3.8) is 0 Å². The first kappa shape index (κ1) is 13.7. The lowest BCUT2D eigenvalue weighted by atomic mass is 10.1. The number of nitrogens with zero attached hydrogens (tertiary/aromatic N) is 2. The van der Waals surface area contributed by atoms with Gasteiger partial charge in [-0.25, -0.2) is 4.98 Å². The van der Waals surface area contributed by atoms with Crippen LogP contribution in [-0.4, -0.2) is 15.9 Å². The number of hydrogen-bond donors (Lipinski definition) is 1. The Morgan fingerprint density at radius 3 is 2.71 bits per heavy atom. The second-order valence-corrected chi connectivity index (χ2v) is 6.28. The molecular weight excluding hydrogens is 282 g/mol. The minimum absolute atomic E-state index is 0.169. The third kappa shape index (κ3) is 2.78. The minimum atomic E-state index is -0.169. The first-order valence-electron chi connectivity index (χ1n) is 6.65. The molecule has 2 heterocycles. The molecule has 1 amide bonds. The van der Waals surface area contributed by atoms with Crippen LogP contribution in [0.5, 0.6) is 0 Å². The second kappa shape index (κ2) is 5.26. The molecule has 106 valence electrons. The van der Waals surface area contributed by atoms with E-state index in [1.54, 1.807) is 6.20 Å². The average Bonchev–Trinajstić information content (AvgIpc) is 2.83. The summed E-state index contributed by atoms with van der Waals surface area (Å²) in [4.78, 5) is 22.1. The Bertz CT molecular complexity index is 839. The van der Waals surface area contributed by atoms with E-state index in [4.69, 9.17) is 0 Å². The number of thiazole rings is 1. The van der Waals surface area contributed by atoms with Crippen LogP contribution in [0.25, 0.3) is 10.9 Å². The average molecular weight is 297 g/mol. The molecule has 21 heavy (non-hydrogen) atoms. The minimum Gasteiger partial charge on any atom is -0.298 e. The number of anilines is 1. The number of rotatable bonds is 2. The van der Waals surface area contributed by atoms with E-state index in [1.807, 2.05) is 45.0 Å². The van der Waals surface area contributed by atoms with Crippen LogP contribution < -0.4 is 5.32 Å². The van der Waals surface area contributed by atoms with E-state index in [-0.39, 0.29) is 5.91 Å². The first-order valence-corrected chi connectivity index (χ1v) is 7.46. The molecule has 0 spiro atoms. The van der Waals surface area contributed by atoms with Crippen LogP contribution in [0, 0.1) is 20.8 Å². The molecule has 0 saturated carbocycles. The molecule has 0 fully saturated rings. The molecule has 0 saturated heterocycles. The lowest BCUT2D eigenvalue weighted by Crippen LogP contribution is -2.14. The summed E-state index contributed by atoms with van der Waals surface area (Å²) in [5.41, 5.74) is 3.35. The maximum absolute atomic E-state index is 12.4. The van der Waals surface area contributed by atoms with E-state index in [2.05, 4.69) is 15.3 Å². The number of fused-ring (bicyclic) bond motifs is 1. The molecule has 5 heteroatoms. The van der Waals surface area contributed by atoms with Gasteiger partial charge >= 0.3 is 0 Å². The molecule has 3 rings (SSSR count). The lowest BCUT2D eigenvalue weighted by molar-refractivity contribution is 0.102. The van der Waals surface area contributed by atoms with Gasteiger partial charge in [0, 0.05) is 16.5 Å². The third-order valence-corrected chi connectivity index (χ3v) is 4.08. The fraction of sp³-hybridized carbons (Fsp3) is 0.188. The highest BCUT2D eigenvalue weighted by Crippen LogP contribution is 2.21. The molecule has 0 aliphatic rings. The number of nitrogens with one attached hydrogen (secondary N) is 1. The smallest absolute Gasteiger partial charge is 0.259 e. The molecule has 0 unspecified atom stereocenters. The van der Waals surface area contributed by atoms with Crippen molar-refractivity contribution in [3.05, 3.63) is 52.2 Å². The topological polar surface area (TPSA) is 54.9 Å². The van der Waals surface area contributed by atoms with E-state index in [9.17, 15) is 4.79 Å². The number of carbonyl (C=O) groups is 1. The third-order valence-electron chi connectivity index (χ3n) is 3.25. The van der Waals surface area contributed by atoms with Gasteiger partial charge in [-0.3, -0.25) is 15.1 Å². The van der Waals surface area contributed by atoms with E-state index in [0.717, 1.165) is 27.0 Å². The Morgan fingerprint density at radius 1 is 1.19 bits per heavy atom. The summed E-state index contributed by atoms with van der Waals surface area (Å²) in [5.74, 6) is -0.169. The molecule has 0 aliphatic heterocycles. The van der Waals surface area contributed by atoms with E-state index in [1.165, 1.54) is 11.3 Å². The van der Waals surface area contributed by atoms with E-state index < -0.39 is 0 Å². The van der Waals surface area contributed by atoms with Gasteiger partial charge in [0.1, 0.15) is 0 Å². The van der Waals surface area contributed by atoms with Gasteiger partial charge in [-0.15, -0.1) is 11.3 Å². The highest BCUT2D eigenvalue weighted by molar-refractivity contribution is 7.15. The van der Waals surface area contributed by atoms with Crippen LogP contribution in [0.15, 0.2) is 30.5 Å². The van der Waals surface area contributed by atoms with Crippen LogP contribution in [0.3, 0.4) is 0 Å². The van der Waals surface area contributed by atoms with Gasteiger partial charge in [0.2, 0.25) is 0 Å². The van der Waals surface area contributed by atoms with Crippen LogP contribution in [0.1, 0.15) is 26.5 Å². The Morgan fingerprint density at radius 2 is 2.00 bits per heavy atom. The van der Waals surface area contributed by atoms with Crippen molar-refractivity contribution in [2.75, 3.05) is 5.32 Å². The summed E-state index contributed by atoms with van der Waals surface area (Å²) in [5, 5.41) is 4.41. The highest BCUT2D eigenvalue weighted by atomic mass is 32.1. The molecule has 0 radical (unpaired) electrons. The highest BCUT2D eigenvalue weighted by Gasteiger charge is 2.13. The maximum atomic E-state index is 12.4. The number of pyridine rings is 1. The van der Waals surface area contributed by atoms with E-state index >= 15 is 0 Å². The zero-order chi connectivity index (χ0) is 15.0. The van der Waals surface area contributed by atoms with Crippen LogP contribution in [-0.2, 0) is 0 Å². The molecule has 2 aromatic heterocycles. The van der Waals surface area contributed by atoms with Crippen molar-refractivity contribution in [1.82, 2.24) is 9.97 Å². The SMILES string of the molecule is Cc1ccc2nc(C)c(C(=O)Nc3ncc(C)s3)cc2c1. The number of amides is 1. The molecule has 3 aromatic rings. The molecule has 0 atom stereocenters. The van der Waals surface area contributed by atoms with Gasteiger partial charge in [0.25, 0.3) is 5.91 Å². The predicted octanol–water partition coefficient (Wildman–Crippen LogP) is 3.87. The van der Waals surface area contributed by atoms with Crippen LogP contribution >= 0.6 is 11.3 Å². The summed E-state index contributed by atoms with van der Waals surface area (Å²) in [6.45, 7) is 5.83. The fourth-order valence-corrected chi connectivity index (χ4v) is 2.86. The number of carbonyl (C=O) groups excluding carboxylic acids is 1. The van der Waals surface area contributed by atoms with Gasteiger partial charge in [-0.05, 0) is 39.0 Å². The molecular formula is C16H15N3OS.